The van der Waals surface area contributed by atoms with Gasteiger partial charge < -0.3 is 4.90 Å². The number of nitrogens with zero attached hydrogens (tertiary/aromatic N) is 2. The number of hydrogen-bond donors (Lipinski definition) is 0. The summed E-state index contributed by atoms with van der Waals surface area (Å²) in [7, 11) is 1.05. The molecule has 15 heavy (non-hydrogen) atoms. The molecule has 1 amide bonds. The van der Waals surface area contributed by atoms with Gasteiger partial charge >= 0.3 is 6.18 Å². The molecule has 0 rings (SSSR count). The number of hydrogen-bond acceptors (Lipinski definition) is 2. The number of alkyl halides is 3. The first-order valence-electron chi connectivity index (χ1n) is 4.53. The van der Waals surface area contributed by atoms with Crippen LogP contribution in [0.4, 0.5) is 13.2 Å². The maximum absolute atomic E-state index is 11.9. The molecule has 0 aliphatic rings. The number of nitriles is 1. The van der Waals surface area contributed by atoms with Gasteiger partial charge in [-0.15, -0.1) is 0 Å². The number of halogens is 3. The highest BCUT2D eigenvalue weighted by Crippen LogP contribution is 2.17. The van der Waals surface area contributed by atoms with Crippen molar-refractivity contribution in [3.63, 3.8) is 0 Å². The summed E-state index contributed by atoms with van der Waals surface area (Å²) in [5, 5.41) is 8.60. The molecule has 1 atom stereocenters. The van der Waals surface area contributed by atoms with Crippen LogP contribution in [0, 0.1) is 17.2 Å². The summed E-state index contributed by atoms with van der Waals surface area (Å²) in [4.78, 5) is 11.9. The van der Waals surface area contributed by atoms with E-state index in [1.54, 1.807) is 13.0 Å². The highest BCUT2D eigenvalue weighted by molar-refractivity contribution is 5.80. The van der Waals surface area contributed by atoms with Crippen LogP contribution in [-0.2, 0) is 4.79 Å². The molecule has 0 aliphatic carbocycles. The van der Waals surface area contributed by atoms with Gasteiger partial charge in [0, 0.05) is 7.05 Å². The van der Waals surface area contributed by atoms with Crippen LogP contribution in [0.5, 0.6) is 0 Å². The highest BCUT2D eigenvalue weighted by Gasteiger charge is 2.33. The molecule has 6 heteroatoms. The molecule has 0 aromatic rings. The van der Waals surface area contributed by atoms with Crippen LogP contribution >= 0.6 is 0 Å². The molecule has 0 saturated carbocycles. The Morgan fingerprint density at radius 3 is 2.40 bits per heavy atom. The van der Waals surface area contributed by atoms with Crippen LogP contribution in [0.3, 0.4) is 0 Å². The Balaban J connectivity index is 4.37. The molecule has 0 saturated heterocycles. The zero-order chi connectivity index (χ0) is 12.1. The first-order chi connectivity index (χ1) is 6.81. The SMILES string of the molecule is CCCC(C#N)C(=O)N(C)CC(F)(F)F. The van der Waals surface area contributed by atoms with Gasteiger partial charge in [0.05, 0.1) is 6.07 Å². The lowest BCUT2D eigenvalue weighted by atomic mass is 10.0. The van der Waals surface area contributed by atoms with Crippen LogP contribution < -0.4 is 0 Å². The molecule has 0 bridgehead atoms. The summed E-state index contributed by atoms with van der Waals surface area (Å²) < 4.78 is 35.8. The number of carbonyl (C=O) groups excluding carboxylic acids is 1. The van der Waals surface area contributed by atoms with Crippen molar-refractivity contribution in [3.8, 4) is 6.07 Å². The lowest BCUT2D eigenvalue weighted by Crippen LogP contribution is -2.39. The third kappa shape index (κ3) is 5.25. The van der Waals surface area contributed by atoms with Gasteiger partial charge in [0.15, 0.2) is 0 Å². The Bertz CT molecular complexity index is 257. The summed E-state index contributed by atoms with van der Waals surface area (Å²) in [5.41, 5.74) is 0. The standard InChI is InChI=1S/C9H13F3N2O/c1-3-4-7(5-13)8(15)14(2)6-9(10,11)12/h7H,3-4,6H2,1-2H3. The maximum Gasteiger partial charge on any atom is 0.406 e. The second-order valence-electron chi connectivity index (χ2n) is 3.28. The topological polar surface area (TPSA) is 44.1 Å². The summed E-state index contributed by atoms with van der Waals surface area (Å²) in [6.07, 6.45) is -3.54. The monoisotopic (exact) mass is 222 g/mol. The van der Waals surface area contributed by atoms with Crippen LogP contribution in [0.15, 0.2) is 0 Å². The first-order valence-corrected chi connectivity index (χ1v) is 4.53. The Labute approximate surface area is 86.5 Å². The van der Waals surface area contributed by atoms with Crippen molar-refractivity contribution in [2.45, 2.75) is 25.9 Å². The summed E-state index contributed by atoms with van der Waals surface area (Å²) in [6, 6.07) is 1.71. The van der Waals surface area contributed by atoms with E-state index >= 15 is 0 Å². The van der Waals surface area contributed by atoms with Crippen molar-refractivity contribution >= 4 is 5.91 Å². The second-order valence-corrected chi connectivity index (χ2v) is 3.28. The molecule has 3 nitrogen and oxygen atoms in total. The van der Waals surface area contributed by atoms with E-state index in [-0.39, 0.29) is 6.42 Å². The van der Waals surface area contributed by atoms with Gasteiger partial charge in [-0.1, -0.05) is 13.3 Å². The molecule has 0 radical (unpaired) electrons. The minimum Gasteiger partial charge on any atom is -0.336 e. The van der Waals surface area contributed by atoms with Crippen molar-refractivity contribution in [1.82, 2.24) is 4.90 Å². The molecule has 0 aromatic carbocycles. The van der Waals surface area contributed by atoms with Gasteiger partial charge in [-0.3, -0.25) is 4.79 Å². The van der Waals surface area contributed by atoms with E-state index < -0.39 is 24.5 Å². The van der Waals surface area contributed by atoms with Gasteiger partial charge in [-0.25, -0.2) is 0 Å². The summed E-state index contributed by atoms with van der Waals surface area (Å²) in [5.74, 6) is -1.74. The van der Waals surface area contributed by atoms with Crippen LogP contribution in [0.25, 0.3) is 0 Å². The lowest BCUT2D eigenvalue weighted by molar-refractivity contribution is -0.160. The molecular weight excluding hydrogens is 209 g/mol. The molecule has 0 heterocycles. The van der Waals surface area contributed by atoms with Crippen LogP contribution in [0.2, 0.25) is 0 Å². The number of rotatable bonds is 4. The third-order valence-electron chi connectivity index (χ3n) is 1.82. The summed E-state index contributed by atoms with van der Waals surface area (Å²) in [6.45, 7) is 0.453. The quantitative estimate of drug-likeness (QED) is 0.729. The Kier molecular flexibility index (Phi) is 5.12. The minimum absolute atomic E-state index is 0.289. The lowest BCUT2D eigenvalue weighted by Gasteiger charge is -2.21. The largest absolute Gasteiger partial charge is 0.406 e. The predicted molar refractivity (Wildman–Crippen MR) is 47.7 cm³/mol. The Hall–Kier alpha value is -1.25. The van der Waals surface area contributed by atoms with Gasteiger partial charge in [0.1, 0.15) is 12.5 Å². The van der Waals surface area contributed by atoms with Crippen molar-refractivity contribution in [2.24, 2.45) is 5.92 Å². The predicted octanol–water partition coefficient (Wildman–Crippen LogP) is 1.95. The van der Waals surface area contributed by atoms with Crippen molar-refractivity contribution < 1.29 is 18.0 Å². The Morgan fingerprint density at radius 1 is 1.53 bits per heavy atom. The first kappa shape index (κ1) is 13.8. The normalized spacial score (nSPS) is 13.1. The Morgan fingerprint density at radius 2 is 2.07 bits per heavy atom. The zero-order valence-electron chi connectivity index (χ0n) is 8.64. The summed E-state index contributed by atoms with van der Waals surface area (Å²) >= 11 is 0. The fraction of sp³-hybridized carbons (Fsp3) is 0.778. The second kappa shape index (κ2) is 5.59. The van der Waals surface area contributed by atoms with Gasteiger partial charge in [-0.05, 0) is 6.42 Å². The molecule has 0 N–H and O–H groups in total. The highest BCUT2D eigenvalue weighted by atomic mass is 19.4. The third-order valence-corrected chi connectivity index (χ3v) is 1.82. The van der Waals surface area contributed by atoms with E-state index in [0.717, 1.165) is 7.05 Å². The maximum atomic E-state index is 11.9. The molecule has 86 valence electrons. The van der Waals surface area contributed by atoms with E-state index in [1.165, 1.54) is 0 Å². The van der Waals surface area contributed by atoms with E-state index in [2.05, 4.69) is 0 Å². The van der Waals surface area contributed by atoms with Crippen LogP contribution in [-0.4, -0.2) is 30.6 Å². The van der Waals surface area contributed by atoms with E-state index in [4.69, 9.17) is 5.26 Å². The van der Waals surface area contributed by atoms with Crippen molar-refractivity contribution in [3.05, 3.63) is 0 Å². The number of carbonyl (C=O) groups is 1. The minimum atomic E-state index is -4.42. The molecule has 0 fully saturated rings. The van der Waals surface area contributed by atoms with Crippen molar-refractivity contribution in [1.29, 1.82) is 5.26 Å². The zero-order valence-corrected chi connectivity index (χ0v) is 8.64. The van der Waals surface area contributed by atoms with Crippen LogP contribution in [0.1, 0.15) is 19.8 Å². The molecular formula is C9H13F3N2O. The van der Waals surface area contributed by atoms with E-state index in [1.807, 2.05) is 0 Å². The average Bonchev–Trinajstić information content (AvgIpc) is 2.10. The van der Waals surface area contributed by atoms with E-state index in [9.17, 15) is 18.0 Å². The molecule has 0 aromatic heterocycles. The van der Waals surface area contributed by atoms with Gasteiger partial charge in [0.2, 0.25) is 5.91 Å². The van der Waals surface area contributed by atoms with E-state index in [0.29, 0.717) is 11.3 Å². The van der Waals surface area contributed by atoms with Gasteiger partial charge in [-0.2, -0.15) is 18.4 Å². The fourth-order valence-electron chi connectivity index (χ4n) is 1.14. The average molecular weight is 222 g/mol. The fourth-order valence-corrected chi connectivity index (χ4v) is 1.14. The smallest absolute Gasteiger partial charge is 0.336 e. The van der Waals surface area contributed by atoms with Crippen molar-refractivity contribution in [2.75, 3.05) is 13.6 Å². The number of amides is 1. The molecule has 0 aliphatic heterocycles. The molecule has 0 spiro atoms. The van der Waals surface area contributed by atoms with Gasteiger partial charge in [0.25, 0.3) is 0 Å². The molecule has 1 unspecified atom stereocenters.